The van der Waals surface area contributed by atoms with Crippen molar-refractivity contribution in [1.82, 2.24) is 10.2 Å². The van der Waals surface area contributed by atoms with Gasteiger partial charge in [0.1, 0.15) is 0 Å². The lowest BCUT2D eigenvalue weighted by atomic mass is 9.88. The molecule has 1 amide bonds. The Bertz CT molecular complexity index is 685. The Morgan fingerprint density at radius 1 is 1.24 bits per heavy atom. The van der Waals surface area contributed by atoms with E-state index in [1.165, 1.54) is 19.3 Å². The Labute approximate surface area is 175 Å². The number of benzene rings is 1. The van der Waals surface area contributed by atoms with Crippen LogP contribution >= 0.6 is 0 Å². The molecule has 0 radical (unpaired) electrons. The molecule has 0 bridgehead atoms. The number of carbonyl (C=O) groups excluding carboxylic acids is 1. The Balaban J connectivity index is 1.59. The van der Waals surface area contributed by atoms with E-state index in [-0.39, 0.29) is 11.8 Å². The highest BCUT2D eigenvalue weighted by atomic mass is 16.5. The smallest absolute Gasteiger partial charge is 0.227 e. The van der Waals surface area contributed by atoms with E-state index in [4.69, 9.17) is 9.73 Å². The summed E-state index contributed by atoms with van der Waals surface area (Å²) >= 11 is 0. The maximum Gasteiger partial charge on any atom is 0.227 e. The fourth-order valence-electron chi connectivity index (χ4n) is 4.35. The molecule has 1 aromatic rings. The Hall–Kier alpha value is -2.08. The first-order valence-corrected chi connectivity index (χ1v) is 11.1. The van der Waals surface area contributed by atoms with Crippen LogP contribution in [0, 0.1) is 11.8 Å². The van der Waals surface area contributed by atoms with Gasteiger partial charge in [0.2, 0.25) is 5.91 Å². The zero-order valence-electron chi connectivity index (χ0n) is 18.0. The number of guanidine groups is 1. The van der Waals surface area contributed by atoms with Gasteiger partial charge in [-0.2, -0.15) is 0 Å². The highest BCUT2D eigenvalue weighted by Gasteiger charge is 2.24. The number of nitrogens with one attached hydrogen (secondary N) is 2. The minimum absolute atomic E-state index is 0.167. The maximum absolute atomic E-state index is 12.5. The SMILES string of the molecule is CCNC(=NCc1cccc(NC(=O)C2CCCCC2)c1)N1CCC(COC)C1. The Kier molecular flexibility index (Phi) is 8.35. The van der Waals surface area contributed by atoms with E-state index in [0.717, 1.165) is 62.7 Å². The van der Waals surface area contributed by atoms with Crippen LogP contribution in [0.3, 0.4) is 0 Å². The van der Waals surface area contributed by atoms with Gasteiger partial charge in [0, 0.05) is 44.3 Å². The third kappa shape index (κ3) is 6.46. The molecule has 1 atom stereocenters. The normalized spacial score (nSPS) is 20.7. The fourth-order valence-corrected chi connectivity index (χ4v) is 4.35. The van der Waals surface area contributed by atoms with Crippen molar-refractivity contribution < 1.29 is 9.53 Å². The molecule has 29 heavy (non-hydrogen) atoms. The summed E-state index contributed by atoms with van der Waals surface area (Å²) in [4.78, 5) is 19.7. The van der Waals surface area contributed by atoms with Gasteiger partial charge in [-0.15, -0.1) is 0 Å². The molecular formula is C23H36N4O2. The van der Waals surface area contributed by atoms with E-state index >= 15 is 0 Å². The quantitative estimate of drug-likeness (QED) is 0.542. The van der Waals surface area contributed by atoms with Crippen molar-refractivity contribution in [2.75, 3.05) is 38.7 Å². The summed E-state index contributed by atoms with van der Waals surface area (Å²) in [5.41, 5.74) is 1.98. The topological polar surface area (TPSA) is 66.0 Å². The van der Waals surface area contributed by atoms with Crippen molar-refractivity contribution in [1.29, 1.82) is 0 Å². The zero-order valence-corrected chi connectivity index (χ0v) is 18.0. The van der Waals surface area contributed by atoms with Gasteiger partial charge in [0.15, 0.2) is 5.96 Å². The van der Waals surface area contributed by atoms with Crippen LogP contribution in [-0.4, -0.2) is 50.1 Å². The second kappa shape index (κ2) is 11.2. The van der Waals surface area contributed by atoms with Crippen molar-refractivity contribution in [3.8, 4) is 0 Å². The summed E-state index contributed by atoms with van der Waals surface area (Å²) in [6.07, 6.45) is 6.77. The average molecular weight is 401 g/mol. The number of aliphatic imine (C=N–C) groups is 1. The van der Waals surface area contributed by atoms with E-state index in [2.05, 4.69) is 28.5 Å². The zero-order chi connectivity index (χ0) is 20.5. The number of ether oxygens (including phenoxy) is 1. The van der Waals surface area contributed by atoms with Crippen molar-refractivity contribution in [3.05, 3.63) is 29.8 Å². The van der Waals surface area contributed by atoms with E-state index in [9.17, 15) is 4.79 Å². The molecule has 1 aliphatic heterocycles. The molecule has 160 valence electrons. The maximum atomic E-state index is 12.5. The summed E-state index contributed by atoms with van der Waals surface area (Å²) < 4.78 is 5.31. The second-order valence-electron chi connectivity index (χ2n) is 8.25. The first-order chi connectivity index (χ1) is 14.2. The van der Waals surface area contributed by atoms with Gasteiger partial charge in [0.05, 0.1) is 13.2 Å². The number of amides is 1. The molecule has 2 fully saturated rings. The average Bonchev–Trinajstić information content (AvgIpc) is 3.21. The van der Waals surface area contributed by atoms with Crippen LogP contribution in [0.4, 0.5) is 5.69 Å². The summed E-state index contributed by atoms with van der Waals surface area (Å²) in [6.45, 7) is 6.34. The second-order valence-corrected chi connectivity index (χ2v) is 8.25. The Morgan fingerprint density at radius 3 is 2.83 bits per heavy atom. The molecule has 3 rings (SSSR count). The monoisotopic (exact) mass is 400 g/mol. The van der Waals surface area contributed by atoms with Gasteiger partial charge in [-0.25, -0.2) is 4.99 Å². The number of hydrogen-bond donors (Lipinski definition) is 2. The van der Waals surface area contributed by atoms with Crippen molar-refractivity contribution in [3.63, 3.8) is 0 Å². The van der Waals surface area contributed by atoms with E-state index in [1.54, 1.807) is 7.11 Å². The molecule has 1 heterocycles. The van der Waals surface area contributed by atoms with Gasteiger partial charge < -0.3 is 20.3 Å². The molecule has 1 unspecified atom stereocenters. The molecule has 1 aromatic carbocycles. The predicted octanol–water partition coefficient (Wildman–Crippen LogP) is 3.64. The molecule has 1 aliphatic carbocycles. The van der Waals surface area contributed by atoms with E-state index in [1.807, 2.05) is 18.2 Å². The van der Waals surface area contributed by atoms with Crippen LogP contribution in [0.1, 0.15) is 51.0 Å². The van der Waals surface area contributed by atoms with Gasteiger partial charge in [-0.05, 0) is 43.9 Å². The largest absolute Gasteiger partial charge is 0.384 e. The van der Waals surface area contributed by atoms with E-state index < -0.39 is 0 Å². The molecule has 0 aromatic heterocycles. The summed E-state index contributed by atoms with van der Waals surface area (Å²) in [5, 5.41) is 6.53. The van der Waals surface area contributed by atoms with Crippen LogP contribution in [0.25, 0.3) is 0 Å². The van der Waals surface area contributed by atoms with Crippen molar-refractivity contribution in [2.45, 2.75) is 52.0 Å². The van der Waals surface area contributed by atoms with Crippen molar-refractivity contribution >= 4 is 17.6 Å². The number of carbonyl (C=O) groups is 1. The van der Waals surface area contributed by atoms with Gasteiger partial charge >= 0.3 is 0 Å². The first-order valence-electron chi connectivity index (χ1n) is 11.1. The number of likely N-dealkylation sites (tertiary alicyclic amines) is 1. The van der Waals surface area contributed by atoms with Crippen LogP contribution in [-0.2, 0) is 16.1 Å². The number of nitrogens with zero attached hydrogens (tertiary/aromatic N) is 2. The van der Waals surface area contributed by atoms with Gasteiger partial charge in [-0.1, -0.05) is 31.4 Å². The summed E-state index contributed by atoms with van der Waals surface area (Å²) in [7, 11) is 1.77. The molecule has 2 aliphatic rings. The molecule has 6 heteroatoms. The Morgan fingerprint density at radius 2 is 2.07 bits per heavy atom. The minimum atomic E-state index is 0.167. The van der Waals surface area contributed by atoms with Gasteiger partial charge in [0.25, 0.3) is 0 Å². The number of rotatable bonds is 7. The van der Waals surface area contributed by atoms with Crippen LogP contribution in [0.15, 0.2) is 29.3 Å². The number of anilines is 1. The summed E-state index contributed by atoms with van der Waals surface area (Å²) in [6, 6.07) is 8.08. The minimum Gasteiger partial charge on any atom is -0.384 e. The fraction of sp³-hybridized carbons (Fsp3) is 0.652. The lowest BCUT2D eigenvalue weighted by Gasteiger charge is -2.22. The number of methoxy groups -OCH3 is 1. The standard InChI is InChI=1S/C23H36N4O2/c1-3-24-23(27-13-12-19(16-27)17-29-2)25-15-18-8-7-11-21(14-18)26-22(28)20-9-5-4-6-10-20/h7-8,11,14,19-20H,3-6,9-10,12-13,15-17H2,1-2H3,(H,24,25)(H,26,28). The molecular weight excluding hydrogens is 364 g/mol. The predicted molar refractivity (Wildman–Crippen MR) is 118 cm³/mol. The summed E-state index contributed by atoms with van der Waals surface area (Å²) in [5.74, 6) is 1.87. The van der Waals surface area contributed by atoms with Gasteiger partial charge in [-0.3, -0.25) is 4.79 Å². The molecule has 2 N–H and O–H groups in total. The molecule has 0 spiro atoms. The number of hydrogen-bond acceptors (Lipinski definition) is 3. The van der Waals surface area contributed by atoms with E-state index in [0.29, 0.717) is 12.5 Å². The first kappa shape index (κ1) is 21.6. The van der Waals surface area contributed by atoms with Crippen molar-refractivity contribution in [2.24, 2.45) is 16.8 Å². The lowest BCUT2D eigenvalue weighted by Crippen LogP contribution is -2.40. The lowest BCUT2D eigenvalue weighted by molar-refractivity contribution is -0.120. The highest BCUT2D eigenvalue weighted by Crippen LogP contribution is 2.25. The van der Waals surface area contributed by atoms with Crippen LogP contribution in [0.2, 0.25) is 0 Å². The molecule has 1 saturated carbocycles. The third-order valence-corrected chi connectivity index (χ3v) is 5.90. The highest BCUT2D eigenvalue weighted by molar-refractivity contribution is 5.92. The third-order valence-electron chi connectivity index (χ3n) is 5.90. The molecule has 6 nitrogen and oxygen atoms in total. The molecule has 1 saturated heterocycles. The van der Waals surface area contributed by atoms with Crippen LogP contribution in [0.5, 0.6) is 0 Å². The van der Waals surface area contributed by atoms with Crippen LogP contribution < -0.4 is 10.6 Å².